The molecule has 14 heavy (non-hydrogen) atoms. The van der Waals surface area contributed by atoms with Crippen molar-refractivity contribution >= 4 is 13.6 Å². The number of carboxylic acid groups (broad SMARTS) is 1. The van der Waals surface area contributed by atoms with Crippen LogP contribution < -0.4 is 5.43 Å². The molecule has 0 amide bonds. The molecular formula is C6H15N2O5P. The molecule has 0 aliphatic rings. The first kappa shape index (κ1) is 13.5. The minimum Gasteiger partial charge on any atom is -0.480 e. The fraction of sp³-hybridized carbons (Fsp3) is 0.833. The number of hydrogen-bond donors (Lipinski definition) is 4. The van der Waals surface area contributed by atoms with Gasteiger partial charge in [-0.3, -0.25) is 14.8 Å². The number of carboxylic acids is 1. The van der Waals surface area contributed by atoms with Crippen molar-refractivity contribution in [3.63, 3.8) is 0 Å². The fourth-order valence-corrected chi connectivity index (χ4v) is 1.51. The number of hydrazine groups is 1. The zero-order chi connectivity index (χ0) is 11.4. The topological polar surface area (TPSA) is 110 Å². The van der Waals surface area contributed by atoms with E-state index in [-0.39, 0.29) is 6.04 Å². The fourth-order valence-electron chi connectivity index (χ4n) is 0.887. The van der Waals surface area contributed by atoms with E-state index in [1.165, 1.54) is 0 Å². The Kier molecular flexibility index (Phi) is 5.25. The van der Waals surface area contributed by atoms with Gasteiger partial charge in [-0.25, -0.2) is 5.01 Å². The molecule has 0 aliphatic heterocycles. The standard InChI is InChI=1S/C6H15N2O5P/c1-5(2)7-8(3-6(9)10)4-14(11,12)13/h5,7H,3-4H2,1-2H3,(H,9,10)(H2,11,12,13). The minimum atomic E-state index is -4.23. The lowest BCUT2D eigenvalue weighted by Crippen LogP contribution is -2.45. The first-order valence-electron chi connectivity index (χ1n) is 3.98. The Morgan fingerprint density at radius 1 is 1.50 bits per heavy atom. The van der Waals surface area contributed by atoms with E-state index in [1.807, 2.05) is 0 Å². The van der Waals surface area contributed by atoms with Gasteiger partial charge >= 0.3 is 13.6 Å². The van der Waals surface area contributed by atoms with Gasteiger partial charge in [-0.05, 0) is 13.8 Å². The second kappa shape index (κ2) is 5.43. The number of nitrogens with zero attached hydrogens (tertiary/aromatic N) is 1. The normalized spacial score (nSPS) is 12.4. The van der Waals surface area contributed by atoms with Crippen LogP contribution in [0.15, 0.2) is 0 Å². The molecule has 0 aromatic carbocycles. The summed E-state index contributed by atoms with van der Waals surface area (Å²) in [6, 6.07) is -0.0825. The van der Waals surface area contributed by atoms with E-state index >= 15 is 0 Å². The number of hydrogen-bond acceptors (Lipinski definition) is 4. The zero-order valence-electron chi connectivity index (χ0n) is 8.04. The SMILES string of the molecule is CC(C)NN(CC(=O)O)CP(=O)(O)O. The molecule has 0 aliphatic carbocycles. The Hall–Kier alpha value is -0.460. The summed E-state index contributed by atoms with van der Waals surface area (Å²) in [6.45, 7) is 3.03. The van der Waals surface area contributed by atoms with Crippen LogP contribution in [0.2, 0.25) is 0 Å². The highest BCUT2D eigenvalue weighted by Gasteiger charge is 2.21. The van der Waals surface area contributed by atoms with Gasteiger partial charge < -0.3 is 14.9 Å². The van der Waals surface area contributed by atoms with Crippen LogP contribution in [0.1, 0.15) is 13.8 Å². The molecule has 0 bridgehead atoms. The molecule has 8 heteroatoms. The van der Waals surface area contributed by atoms with E-state index in [0.29, 0.717) is 0 Å². The Morgan fingerprint density at radius 3 is 2.29 bits per heavy atom. The number of carbonyl (C=O) groups is 1. The third-order valence-corrected chi connectivity index (χ3v) is 1.83. The van der Waals surface area contributed by atoms with Gasteiger partial charge in [-0.2, -0.15) is 0 Å². The van der Waals surface area contributed by atoms with Crippen LogP contribution >= 0.6 is 7.60 Å². The zero-order valence-corrected chi connectivity index (χ0v) is 8.94. The van der Waals surface area contributed by atoms with Crippen molar-refractivity contribution in [2.75, 3.05) is 12.8 Å². The molecule has 0 saturated heterocycles. The molecule has 0 heterocycles. The molecular weight excluding hydrogens is 211 g/mol. The highest BCUT2D eigenvalue weighted by Crippen LogP contribution is 2.34. The average Bonchev–Trinajstić information content (AvgIpc) is 1.77. The Balaban J connectivity index is 4.25. The monoisotopic (exact) mass is 226 g/mol. The maximum Gasteiger partial charge on any atom is 0.340 e. The first-order chi connectivity index (χ1) is 6.20. The number of aliphatic carboxylic acids is 1. The summed E-state index contributed by atoms with van der Waals surface area (Å²) in [5, 5.41) is 9.45. The Morgan fingerprint density at radius 2 is 2.00 bits per heavy atom. The lowest BCUT2D eigenvalue weighted by atomic mass is 10.4. The lowest BCUT2D eigenvalue weighted by Gasteiger charge is -2.23. The van der Waals surface area contributed by atoms with Crippen LogP contribution in [0, 0.1) is 0 Å². The molecule has 0 spiro atoms. The number of nitrogens with one attached hydrogen (secondary N) is 1. The molecule has 0 saturated carbocycles. The molecule has 0 unspecified atom stereocenters. The first-order valence-corrected chi connectivity index (χ1v) is 5.78. The van der Waals surface area contributed by atoms with E-state index in [0.717, 1.165) is 5.01 Å². The van der Waals surface area contributed by atoms with E-state index in [1.54, 1.807) is 13.8 Å². The molecule has 0 atom stereocenters. The van der Waals surface area contributed by atoms with Gasteiger partial charge in [-0.15, -0.1) is 0 Å². The van der Waals surface area contributed by atoms with Crippen molar-refractivity contribution in [3.8, 4) is 0 Å². The third-order valence-electron chi connectivity index (χ3n) is 1.12. The smallest absolute Gasteiger partial charge is 0.340 e. The predicted octanol–water partition coefficient (Wildman–Crippen LogP) is -0.579. The average molecular weight is 226 g/mol. The molecule has 0 aromatic rings. The van der Waals surface area contributed by atoms with Gasteiger partial charge in [-0.1, -0.05) is 0 Å². The van der Waals surface area contributed by atoms with Crippen LogP contribution in [0.4, 0.5) is 0 Å². The minimum absolute atomic E-state index is 0.0825. The summed E-state index contributed by atoms with van der Waals surface area (Å²) in [7, 11) is -4.23. The largest absolute Gasteiger partial charge is 0.480 e. The van der Waals surface area contributed by atoms with Crippen LogP contribution in [0.25, 0.3) is 0 Å². The summed E-state index contributed by atoms with van der Waals surface area (Å²) in [5.74, 6) is -1.15. The van der Waals surface area contributed by atoms with Crippen LogP contribution in [-0.2, 0) is 9.36 Å². The van der Waals surface area contributed by atoms with E-state index < -0.39 is 26.4 Å². The Bertz CT molecular complexity index is 238. The molecule has 4 N–H and O–H groups in total. The predicted molar refractivity (Wildman–Crippen MR) is 49.5 cm³/mol. The maximum atomic E-state index is 10.6. The molecule has 7 nitrogen and oxygen atoms in total. The summed E-state index contributed by atoms with van der Waals surface area (Å²) in [5.41, 5.74) is 2.63. The van der Waals surface area contributed by atoms with Crippen LogP contribution in [0.5, 0.6) is 0 Å². The summed E-state index contributed by atoms with van der Waals surface area (Å²) in [4.78, 5) is 27.6. The summed E-state index contributed by atoms with van der Waals surface area (Å²) < 4.78 is 10.6. The lowest BCUT2D eigenvalue weighted by molar-refractivity contribution is -0.139. The van der Waals surface area contributed by atoms with E-state index in [9.17, 15) is 9.36 Å². The van der Waals surface area contributed by atoms with Crippen molar-refractivity contribution in [1.82, 2.24) is 10.4 Å². The quantitative estimate of drug-likeness (QED) is 0.354. The third kappa shape index (κ3) is 8.15. The second-order valence-electron chi connectivity index (χ2n) is 3.18. The van der Waals surface area contributed by atoms with Gasteiger partial charge in [0.2, 0.25) is 0 Å². The highest BCUT2D eigenvalue weighted by molar-refractivity contribution is 7.51. The van der Waals surface area contributed by atoms with Gasteiger partial charge in [0.05, 0.1) is 0 Å². The maximum absolute atomic E-state index is 10.6. The van der Waals surface area contributed by atoms with Crippen molar-refractivity contribution in [2.24, 2.45) is 0 Å². The molecule has 0 radical (unpaired) electrons. The molecule has 0 aromatic heterocycles. The van der Waals surface area contributed by atoms with Gasteiger partial charge in [0.15, 0.2) is 0 Å². The summed E-state index contributed by atoms with van der Waals surface area (Å²) >= 11 is 0. The molecule has 84 valence electrons. The van der Waals surface area contributed by atoms with Crippen molar-refractivity contribution in [2.45, 2.75) is 19.9 Å². The van der Waals surface area contributed by atoms with Crippen molar-refractivity contribution in [1.29, 1.82) is 0 Å². The second-order valence-corrected chi connectivity index (χ2v) is 4.79. The van der Waals surface area contributed by atoms with Crippen molar-refractivity contribution in [3.05, 3.63) is 0 Å². The van der Waals surface area contributed by atoms with E-state index in [2.05, 4.69) is 5.43 Å². The van der Waals surface area contributed by atoms with Crippen LogP contribution in [0.3, 0.4) is 0 Å². The van der Waals surface area contributed by atoms with Gasteiger partial charge in [0, 0.05) is 6.04 Å². The van der Waals surface area contributed by atoms with Gasteiger partial charge in [0.1, 0.15) is 12.8 Å². The highest BCUT2D eigenvalue weighted by atomic mass is 31.2. The number of rotatable bonds is 6. The molecule has 0 rings (SSSR count). The molecule has 0 fully saturated rings. The summed E-state index contributed by atoms with van der Waals surface area (Å²) in [6.07, 6.45) is -0.614. The van der Waals surface area contributed by atoms with Crippen LogP contribution in [-0.4, -0.2) is 44.7 Å². The Labute approximate surface area is 81.9 Å². The van der Waals surface area contributed by atoms with E-state index in [4.69, 9.17) is 14.9 Å². The van der Waals surface area contributed by atoms with Gasteiger partial charge in [0.25, 0.3) is 0 Å². The van der Waals surface area contributed by atoms with Crippen molar-refractivity contribution < 1.29 is 24.3 Å².